The molecule has 0 aliphatic carbocycles. The highest BCUT2D eigenvalue weighted by molar-refractivity contribution is 5.79. The largest absolute Gasteiger partial charge is 0.491 e. The average molecular weight is 528 g/mol. The van der Waals surface area contributed by atoms with Crippen LogP contribution in [0.15, 0.2) is 27.1 Å². The number of anilines is 1. The molecule has 38 heavy (non-hydrogen) atoms. The molecular formula is C27H34FN5O5. The van der Waals surface area contributed by atoms with E-state index in [1.807, 2.05) is 13.8 Å². The summed E-state index contributed by atoms with van der Waals surface area (Å²) in [6, 6.07) is 5.19. The number of hydrogen-bond donors (Lipinski definition) is 0. The molecule has 1 saturated heterocycles. The van der Waals surface area contributed by atoms with Gasteiger partial charge in [0.2, 0.25) is 5.91 Å². The number of aromatic nitrogens is 3. The summed E-state index contributed by atoms with van der Waals surface area (Å²) < 4.78 is 37.3. The van der Waals surface area contributed by atoms with Crippen molar-refractivity contribution in [2.75, 3.05) is 37.7 Å². The van der Waals surface area contributed by atoms with E-state index in [4.69, 9.17) is 18.4 Å². The molecule has 0 N–H and O–H groups in total. The van der Waals surface area contributed by atoms with Crippen molar-refractivity contribution in [1.82, 2.24) is 20.0 Å². The Morgan fingerprint density at radius 2 is 2.00 bits per heavy atom. The number of oxazole rings is 1. The summed E-state index contributed by atoms with van der Waals surface area (Å²) in [5, 5.41) is 4.03. The van der Waals surface area contributed by atoms with Crippen LogP contribution in [0.5, 0.6) is 5.75 Å². The van der Waals surface area contributed by atoms with Crippen molar-refractivity contribution < 1.29 is 27.6 Å². The highest BCUT2D eigenvalue weighted by Crippen LogP contribution is 2.24. The van der Waals surface area contributed by atoms with Crippen LogP contribution >= 0.6 is 0 Å². The van der Waals surface area contributed by atoms with Gasteiger partial charge >= 0.3 is 6.01 Å². The number of amides is 1. The number of ether oxygens (including phenoxy) is 2. The Bertz CT molecular complexity index is 1250. The maximum absolute atomic E-state index is 14.7. The fourth-order valence-electron chi connectivity index (χ4n) is 4.75. The molecule has 2 aromatic heterocycles. The first-order valence-electron chi connectivity index (χ1n) is 13.2. The van der Waals surface area contributed by atoms with Crippen LogP contribution in [0.3, 0.4) is 0 Å². The lowest BCUT2D eigenvalue weighted by Crippen LogP contribution is -2.37. The Balaban J connectivity index is 1.02. The number of nitrogens with zero attached hydrogens (tertiary/aromatic N) is 5. The predicted octanol–water partition coefficient (Wildman–Crippen LogP) is 3.82. The Hall–Kier alpha value is -3.47. The number of halogens is 1. The molecule has 0 spiro atoms. The molecule has 10 nitrogen and oxygen atoms in total. The highest BCUT2D eigenvalue weighted by Gasteiger charge is 2.26. The zero-order valence-corrected chi connectivity index (χ0v) is 22.1. The quantitative estimate of drug-likeness (QED) is 0.384. The zero-order valence-electron chi connectivity index (χ0n) is 22.1. The smallest absolute Gasteiger partial charge is 0.324 e. The van der Waals surface area contributed by atoms with Gasteiger partial charge in [0.05, 0.1) is 31.4 Å². The molecular weight excluding hydrogens is 493 g/mol. The molecule has 0 bridgehead atoms. The van der Waals surface area contributed by atoms with E-state index in [1.165, 1.54) is 6.07 Å². The van der Waals surface area contributed by atoms with Gasteiger partial charge in [0.25, 0.3) is 0 Å². The number of fused-ring (bicyclic) bond motifs is 1. The molecule has 4 heterocycles. The van der Waals surface area contributed by atoms with E-state index in [9.17, 15) is 9.18 Å². The second-order valence-electron chi connectivity index (χ2n) is 10.1. The van der Waals surface area contributed by atoms with Crippen LogP contribution in [-0.4, -0.2) is 64.9 Å². The van der Waals surface area contributed by atoms with Crippen LogP contribution in [0.2, 0.25) is 0 Å². The number of carbonyl (C=O) groups is 1. The zero-order chi connectivity index (χ0) is 26.6. The molecule has 2 aliphatic heterocycles. The summed E-state index contributed by atoms with van der Waals surface area (Å²) in [5.74, 6) is 2.07. The average Bonchev–Trinajstić information content (AvgIpc) is 3.54. The molecule has 3 aromatic rings. The Morgan fingerprint density at radius 3 is 2.74 bits per heavy atom. The van der Waals surface area contributed by atoms with Gasteiger partial charge in [0.1, 0.15) is 23.9 Å². The number of benzene rings is 1. The van der Waals surface area contributed by atoms with E-state index in [2.05, 4.69) is 20.0 Å². The van der Waals surface area contributed by atoms with Crippen molar-refractivity contribution in [1.29, 1.82) is 0 Å². The third kappa shape index (κ3) is 6.15. The van der Waals surface area contributed by atoms with Crippen molar-refractivity contribution in [3.8, 4) is 5.75 Å². The van der Waals surface area contributed by atoms with Crippen LogP contribution in [-0.2, 0) is 28.9 Å². The Labute approximate surface area is 221 Å². The molecule has 0 unspecified atom stereocenters. The lowest BCUT2D eigenvalue weighted by molar-refractivity contribution is -0.131. The SMILES string of the molecule is Cc1nc2c(o1)CN(C(=O)Cc1ccc(OCCOC3CCN(c4nc(C(C)C)no4)CC3)cc1F)CC2. The van der Waals surface area contributed by atoms with Crippen LogP contribution < -0.4 is 9.64 Å². The predicted molar refractivity (Wildman–Crippen MR) is 136 cm³/mol. The van der Waals surface area contributed by atoms with Gasteiger partial charge < -0.3 is 28.2 Å². The fraction of sp³-hybridized carbons (Fsp3) is 0.556. The molecule has 1 amide bonds. The minimum absolute atomic E-state index is 0.0151. The summed E-state index contributed by atoms with van der Waals surface area (Å²) in [7, 11) is 0. The van der Waals surface area contributed by atoms with Crippen LogP contribution in [0, 0.1) is 12.7 Å². The van der Waals surface area contributed by atoms with Gasteiger partial charge in [0.15, 0.2) is 11.7 Å². The summed E-state index contributed by atoms with van der Waals surface area (Å²) >= 11 is 0. The fourth-order valence-corrected chi connectivity index (χ4v) is 4.75. The lowest BCUT2D eigenvalue weighted by Gasteiger charge is -2.30. The van der Waals surface area contributed by atoms with Gasteiger partial charge in [-0.15, -0.1) is 0 Å². The van der Waals surface area contributed by atoms with E-state index in [0.717, 1.165) is 37.4 Å². The molecule has 11 heteroatoms. The van der Waals surface area contributed by atoms with E-state index in [-0.39, 0.29) is 24.3 Å². The Kier molecular flexibility index (Phi) is 7.92. The minimum Gasteiger partial charge on any atom is -0.491 e. The summed E-state index contributed by atoms with van der Waals surface area (Å²) in [6.45, 7) is 9.07. The van der Waals surface area contributed by atoms with Crippen molar-refractivity contribution in [2.45, 2.75) is 65.0 Å². The molecule has 0 radical (unpaired) electrons. The number of hydrogen-bond acceptors (Lipinski definition) is 9. The molecule has 2 aliphatic rings. The first-order valence-corrected chi connectivity index (χ1v) is 13.2. The van der Waals surface area contributed by atoms with Gasteiger partial charge in [0, 0.05) is 45.0 Å². The lowest BCUT2D eigenvalue weighted by atomic mass is 10.1. The maximum atomic E-state index is 14.7. The van der Waals surface area contributed by atoms with Gasteiger partial charge in [-0.2, -0.15) is 4.98 Å². The van der Waals surface area contributed by atoms with Crippen molar-refractivity contribution >= 4 is 11.9 Å². The van der Waals surface area contributed by atoms with E-state index >= 15 is 0 Å². The van der Waals surface area contributed by atoms with Crippen LogP contribution in [0.1, 0.15) is 61.3 Å². The Morgan fingerprint density at radius 1 is 1.18 bits per heavy atom. The minimum atomic E-state index is -0.459. The second kappa shape index (κ2) is 11.5. The molecule has 204 valence electrons. The van der Waals surface area contributed by atoms with Gasteiger partial charge in [-0.25, -0.2) is 9.37 Å². The normalized spacial score (nSPS) is 16.2. The van der Waals surface area contributed by atoms with Crippen molar-refractivity contribution in [3.63, 3.8) is 0 Å². The standard InChI is InChI=1S/C27H34FN5O5/c1-17(2)26-30-27(38-31-26)32-9-6-20(7-10-32)35-12-13-36-21-5-4-19(22(28)15-21)14-25(34)33-11-8-23-24(16-33)37-18(3)29-23/h4-5,15,17,20H,6-14,16H2,1-3H3. The third-order valence-corrected chi connectivity index (χ3v) is 6.92. The molecule has 0 saturated carbocycles. The van der Waals surface area contributed by atoms with Crippen LogP contribution in [0.25, 0.3) is 0 Å². The number of carbonyl (C=O) groups excluding carboxylic acids is 1. The summed E-state index contributed by atoms with van der Waals surface area (Å²) in [6.07, 6.45) is 2.46. The topological polar surface area (TPSA) is 107 Å². The van der Waals surface area contributed by atoms with Crippen LogP contribution in [0.4, 0.5) is 10.4 Å². The number of rotatable bonds is 9. The first kappa shape index (κ1) is 26.1. The monoisotopic (exact) mass is 527 g/mol. The third-order valence-electron chi connectivity index (χ3n) is 6.92. The van der Waals surface area contributed by atoms with Crippen molar-refractivity contribution in [2.24, 2.45) is 0 Å². The molecule has 1 aromatic carbocycles. The second-order valence-corrected chi connectivity index (χ2v) is 10.1. The van der Waals surface area contributed by atoms with E-state index in [1.54, 1.807) is 24.0 Å². The number of aryl methyl sites for hydroxylation is 1. The molecule has 0 atom stereocenters. The van der Waals surface area contributed by atoms with Gasteiger partial charge in [-0.1, -0.05) is 25.1 Å². The maximum Gasteiger partial charge on any atom is 0.324 e. The molecule has 5 rings (SSSR count). The van der Waals surface area contributed by atoms with Gasteiger partial charge in [-0.05, 0) is 24.5 Å². The van der Waals surface area contributed by atoms with Gasteiger partial charge in [-0.3, -0.25) is 4.79 Å². The van der Waals surface area contributed by atoms with Crippen molar-refractivity contribution in [3.05, 3.63) is 52.7 Å². The highest BCUT2D eigenvalue weighted by atomic mass is 19.1. The van der Waals surface area contributed by atoms with E-state index < -0.39 is 5.82 Å². The summed E-state index contributed by atoms with van der Waals surface area (Å²) in [5.41, 5.74) is 1.24. The first-order chi connectivity index (χ1) is 18.4. The summed E-state index contributed by atoms with van der Waals surface area (Å²) in [4.78, 5) is 25.3. The molecule has 1 fully saturated rings. The number of piperidine rings is 1. The van der Waals surface area contributed by atoms with E-state index in [0.29, 0.717) is 61.7 Å².